The summed E-state index contributed by atoms with van der Waals surface area (Å²) in [7, 11) is 1.80. The van der Waals surface area contributed by atoms with Crippen LogP contribution in [0.3, 0.4) is 0 Å². The monoisotopic (exact) mass is 370 g/mol. The molecule has 0 saturated carbocycles. The molecule has 26 heavy (non-hydrogen) atoms. The van der Waals surface area contributed by atoms with Crippen LogP contribution in [0.15, 0.2) is 47.4 Å². The molecule has 0 fully saturated rings. The number of benzene rings is 2. The number of hydrogen-bond donors (Lipinski definition) is 1. The van der Waals surface area contributed by atoms with E-state index in [2.05, 4.69) is 5.32 Å². The van der Waals surface area contributed by atoms with E-state index in [0.29, 0.717) is 28.5 Å². The first-order valence-corrected chi connectivity index (χ1v) is 8.62. The van der Waals surface area contributed by atoms with Crippen molar-refractivity contribution in [1.29, 1.82) is 0 Å². The molecule has 2 aromatic carbocycles. The molecular weight excluding hydrogens is 352 g/mol. The van der Waals surface area contributed by atoms with Crippen LogP contribution in [0.25, 0.3) is 10.9 Å². The lowest BCUT2D eigenvalue weighted by molar-refractivity contribution is 0.102. The van der Waals surface area contributed by atoms with Gasteiger partial charge < -0.3 is 14.6 Å². The zero-order chi connectivity index (χ0) is 18.8. The van der Waals surface area contributed by atoms with Crippen LogP contribution in [0.4, 0.5) is 5.69 Å². The highest BCUT2D eigenvalue weighted by atomic mass is 35.5. The Morgan fingerprint density at radius 3 is 2.77 bits per heavy atom. The summed E-state index contributed by atoms with van der Waals surface area (Å²) in [6.07, 6.45) is 1.54. The van der Waals surface area contributed by atoms with Crippen molar-refractivity contribution in [3.63, 3.8) is 0 Å². The molecule has 0 spiro atoms. The van der Waals surface area contributed by atoms with Gasteiger partial charge in [-0.3, -0.25) is 9.59 Å². The lowest BCUT2D eigenvalue weighted by Crippen LogP contribution is -2.23. The van der Waals surface area contributed by atoms with Gasteiger partial charge in [0.25, 0.3) is 5.91 Å². The molecule has 134 valence electrons. The van der Waals surface area contributed by atoms with Crippen molar-refractivity contribution in [2.45, 2.75) is 13.8 Å². The molecule has 1 aromatic heterocycles. The SMILES string of the molecule is CCOc1ccc2c(c1)c(=O)c(C(=O)Nc1cccc(Cl)c1C)cn2C. The number of aromatic nitrogens is 1. The molecule has 0 bridgehead atoms. The van der Waals surface area contributed by atoms with Crippen molar-refractivity contribution in [3.8, 4) is 5.75 Å². The van der Waals surface area contributed by atoms with E-state index in [0.717, 1.165) is 11.1 Å². The number of nitrogens with one attached hydrogen (secondary N) is 1. The number of carbonyl (C=O) groups is 1. The summed E-state index contributed by atoms with van der Waals surface area (Å²) in [5.41, 5.74) is 1.78. The Balaban J connectivity index is 2.06. The molecule has 1 heterocycles. The summed E-state index contributed by atoms with van der Waals surface area (Å²) in [6, 6.07) is 10.5. The van der Waals surface area contributed by atoms with Gasteiger partial charge in [-0.1, -0.05) is 17.7 Å². The summed E-state index contributed by atoms with van der Waals surface area (Å²) in [5, 5.41) is 3.76. The number of nitrogens with zero attached hydrogens (tertiary/aromatic N) is 1. The first kappa shape index (κ1) is 18.0. The summed E-state index contributed by atoms with van der Waals surface area (Å²) < 4.78 is 7.23. The van der Waals surface area contributed by atoms with Gasteiger partial charge in [0.15, 0.2) is 0 Å². The van der Waals surface area contributed by atoms with Crippen LogP contribution in [0.1, 0.15) is 22.8 Å². The van der Waals surface area contributed by atoms with E-state index < -0.39 is 5.91 Å². The van der Waals surface area contributed by atoms with Crippen molar-refractivity contribution in [2.75, 3.05) is 11.9 Å². The van der Waals surface area contributed by atoms with Gasteiger partial charge in [-0.15, -0.1) is 0 Å². The molecule has 0 saturated heterocycles. The van der Waals surface area contributed by atoms with Gasteiger partial charge in [0.05, 0.1) is 17.5 Å². The fourth-order valence-corrected chi connectivity index (χ4v) is 3.00. The number of pyridine rings is 1. The fraction of sp³-hybridized carbons (Fsp3) is 0.200. The second-order valence-electron chi connectivity index (χ2n) is 5.96. The highest BCUT2D eigenvalue weighted by Gasteiger charge is 2.16. The maximum atomic E-state index is 12.9. The highest BCUT2D eigenvalue weighted by Crippen LogP contribution is 2.24. The molecule has 0 unspecified atom stereocenters. The Kier molecular flexibility index (Phi) is 5.00. The Morgan fingerprint density at radius 2 is 2.04 bits per heavy atom. The van der Waals surface area contributed by atoms with Crippen LogP contribution in [0.5, 0.6) is 5.75 Å². The van der Waals surface area contributed by atoms with E-state index in [1.54, 1.807) is 48.1 Å². The van der Waals surface area contributed by atoms with E-state index in [4.69, 9.17) is 16.3 Å². The van der Waals surface area contributed by atoms with Crippen LogP contribution in [-0.4, -0.2) is 17.1 Å². The minimum Gasteiger partial charge on any atom is -0.494 e. The molecule has 0 aliphatic carbocycles. The third kappa shape index (κ3) is 3.30. The molecule has 1 amide bonds. The van der Waals surface area contributed by atoms with Gasteiger partial charge in [-0.25, -0.2) is 0 Å². The van der Waals surface area contributed by atoms with E-state index in [9.17, 15) is 9.59 Å². The average Bonchev–Trinajstić information content (AvgIpc) is 2.62. The second kappa shape index (κ2) is 7.22. The maximum Gasteiger partial charge on any atom is 0.261 e. The van der Waals surface area contributed by atoms with Crippen molar-refractivity contribution >= 4 is 34.1 Å². The Bertz CT molecular complexity index is 1060. The molecule has 1 N–H and O–H groups in total. The molecule has 0 aliphatic heterocycles. The first-order chi connectivity index (χ1) is 12.4. The number of amides is 1. The quantitative estimate of drug-likeness (QED) is 0.750. The third-order valence-corrected chi connectivity index (χ3v) is 4.64. The van der Waals surface area contributed by atoms with E-state index >= 15 is 0 Å². The van der Waals surface area contributed by atoms with Gasteiger partial charge in [-0.05, 0) is 49.7 Å². The summed E-state index contributed by atoms with van der Waals surface area (Å²) >= 11 is 6.09. The number of fused-ring (bicyclic) bond motifs is 1. The van der Waals surface area contributed by atoms with Crippen molar-refractivity contribution in [3.05, 3.63) is 69.0 Å². The second-order valence-corrected chi connectivity index (χ2v) is 6.37. The topological polar surface area (TPSA) is 60.3 Å². The van der Waals surface area contributed by atoms with Crippen LogP contribution < -0.4 is 15.5 Å². The predicted molar refractivity (Wildman–Crippen MR) is 105 cm³/mol. The number of anilines is 1. The number of ether oxygens (including phenoxy) is 1. The maximum absolute atomic E-state index is 12.9. The van der Waals surface area contributed by atoms with Crippen LogP contribution in [-0.2, 0) is 7.05 Å². The molecule has 0 radical (unpaired) electrons. The number of hydrogen-bond acceptors (Lipinski definition) is 3. The standard InChI is InChI=1S/C20H19ClN2O3/c1-4-26-13-8-9-18-14(10-13)19(24)15(11-23(18)3)20(25)22-17-7-5-6-16(21)12(17)2/h5-11H,4H2,1-3H3,(H,22,25). The van der Waals surface area contributed by atoms with E-state index in [1.165, 1.54) is 0 Å². The van der Waals surface area contributed by atoms with Gasteiger partial charge in [-0.2, -0.15) is 0 Å². The summed E-state index contributed by atoms with van der Waals surface area (Å²) in [4.78, 5) is 25.6. The smallest absolute Gasteiger partial charge is 0.261 e. The van der Waals surface area contributed by atoms with Gasteiger partial charge in [0.1, 0.15) is 11.3 Å². The first-order valence-electron chi connectivity index (χ1n) is 8.25. The largest absolute Gasteiger partial charge is 0.494 e. The molecule has 0 aliphatic rings. The molecule has 6 heteroatoms. The van der Waals surface area contributed by atoms with Crippen molar-refractivity contribution in [2.24, 2.45) is 7.05 Å². The number of aryl methyl sites for hydroxylation is 1. The zero-order valence-electron chi connectivity index (χ0n) is 14.8. The van der Waals surface area contributed by atoms with Crippen LogP contribution in [0.2, 0.25) is 5.02 Å². The summed E-state index contributed by atoms with van der Waals surface area (Å²) in [6.45, 7) is 4.18. The molecule has 3 rings (SSSR count). The van der Waals surface area contributed by atoms with Gasteiger partial charge >= 0.3 is 0 Å². The Labute approximate surface area is 156 Å². The lowest BCUT2D eigenvalue weighted by atomic mass is 10.1. The number of carbonyl (C=O) groups excluding carboxylic acids is 1. The summed E-state index contributed by atoms with van der Waals surface area (Å²) in [5.74, 6) is 0.125. The number of halogens is 1. The van der Waals surface area contributed by atoms with Gasteiger partial charge in [0.2, 0.25) is 5.43 Å². The van der Waals surface area contributed by atoms with Crippen LogP contribution >= 0.6 is 11.6 Å². The van der Waals surface area contributed by atoms with E-state index in [1.807, 2.05) is 19.9 Å². The Hall–Kier alpha value is -2.79. The predicted octanol–water partition coefficient (Wildman–Crippen LogP) is 4.15. The molecule has 3 aromatic rings. The minimum absolute atomic E-state index is 0.0630. The normalized spacial score (nSPS) is 10.8. The third-order valence-electron chi connectivity index (χ3n) is 4.23. The van der Waals surface area contributed by atoms with Gasteiger partial charge in [0, 0.05) is 24.0 Å². The van der Waals surface area contributed by atoms with Crippen LogP contribution in [0, 0.1) is 6.92 Å². The van der Waals surface area contributed by atoms with Crippen molar-refractivity contribution < 1.29 is 9.53 Å². The fourth-order valence-electron chi connectivity index (χ4n) is 2.82. The lowest BCUT2D eigenvalue weighted by Gasteiger charge is -2.12. The molecule has 0 atom stereocenters. The van der Waals surface area contributed by atoms with Crippen molar-refractivity contribution in [1.82, 2.24) is 4.57 Å². The van der Waals surface area contributed by atoms with E-state index in [-0.39, 0.29) is 11.0 Å². The Morgan fingerprint density at radius 1 is 1.27 bits per heavy atom. The minimum atomic E-state index is -0.473. The molecule has 5 nitrogen and oxygen atoms in total. The number of rotatable bonds is 4. The molecular formula is C20H19ClN2O3. The zero-order valence-corrected chi connectivity index (χ0v) is 15.6. The average molecular weight is 371 g/mol. The highest BCUT2D eigenvalue weighted by molar-refractivity contribution is 6.31.